The van der Waals surface area contributed by atoms with E-state index in [1.165, 1.54) is 17.9 Å². The third-order valence-electron chi connectivity index (χ3n) is 4.07. The summed E-state index contributed by atoms with van der Waals surface area (Å²) >= 11 is 0. The van der Waals surface area contributed by atoms with Crippen LogP contribution >= 0.6 is 0 Å². The second-order valence-electron chi connectivity index (χ2n) is 5.55. The Labute approximate surface area is 112 Å². The van der Waals surface area contributed by atoms with E-state index in [1.54, 1.807) is 6.08 Å². The fraction of sp³-hybridized carbons (Fsp3) is 0.750. The van der Waals surface area contributed by atoms with Gasteiger partial charge in [0, 0.05) is 12.6 Å². The zero-order valence-corrected chi connectivity index (χ0v) is 12.0. The molecule has 0 N–H and O–H groups in total. The first-order valence-electron chi connectivity index (χ1n) is 7.40. The number of allylic oxidation sites excluding steroid dienone is 2. The van der Waals surface area contributed by atoms with Gasteiger partial charge in [-0.3, -0.25) is 0 Å². The van der Waals surface area contributed by atoms with Gasteiger partial charge < -0.3 is 0 Å². The molecule has 0 aromatic carbocycles. The highest BCUT2D eigenvalue weighted by Crippen LogP contribution is 2.29. The lowest BCUT2D eigenvalue weighted by molar-refractivity contribution is -0.182. The van der Waals surface area contributed by atoms with E-state index in [9.17, 15) is 5.21 Å². The van der Waals surface area contributed by atoms with Crippen molar-refractivity contribution in [1.29, 1.82) is 0 Å². The maximum atomic E-state index is 11.9. The first-order chi connectivity index (χ1) is 8.69. The zero-order chi connectivity index (χ0) is 13.4. The second kappa shape index (κ2) is 8.49. The summed E-state index contributed by atoms with van der Waals surface area (Å²) in [5, 5.41) is 13.1. The molecule has 2 heteroatoms. The minimum Gasteiger partial charge on any atom is -0.148 e. The normalized spacial score (nSPS) is 25.3. The summed E-state index contributed by atoms with van der Waals surface area (Å²) in [6.45, 7) is 8.60. The van der Waals surface area contributed by atoms with Crippen LogP contribution in [-0.2, 0) is 5.21 Å². The summed E-state index contributed by atoms with van der Waals surface area (Å²) in [5.74, 6) is 1.45. The van der Waals surface area contributed by atoms with Crippen molar-refractivity contribution in [1.82, 2.24) is 5.06 Å². The molecule has 0 aliphatic heterocycles. The fourth-order valence-electron chi connectivity index (χ4n) is 2.84. The van der Waals surface area contributed by atoms with E-state index in [0.29, 0.717) is 12.5 Å². The average Bonchev–Trinajstić information content (AvgIpc) is 2.36. The number of hydroxylamine groups is 2. The lowest BCUT2D eigenvalue weighted by Crippen LogP contribution is -2.32. The molecule has 1 aliphatic rings. The van der Waals surface area contributed by atoms with Crippen molar-refractivity contribution in [3.8, 4) is 0 Å². The SMILES string of the molecule is C=CCN([O])C(CCC)CC[C@@H]1C=CCC[C@H]1C. The number of hydrogen-bond donors (Lipinski definition) is 0. The molecule has 0 saturated carbocycles. The highest BCUT2D eigenvalue weighted by atomic mass is 16.5. The molecule has 103 valence electrons. The van der Waals surface area contributed by atoms with Gasteiger partial charge in [0.1, 0.15) is 0 Å². The van der Waals surface area contributed by atoms with E-state index >= 15 is 0 Å². The highest BCUT2D eigenvalue weighted by Gasteiger charge is 2.21. The van der Waals surface area contributed by atoms with Gasteiger partial charge in [-0.2, -0.15) is 0 Å². The lowest BCUT2D eigenvalue weighted by atomic mass is 9.81. The van der Waals surface area contributed by atoms with E-state index in [0.717, 1.165) is 31.6 Å². The van der Waals surface area contributed by atoms with Gasteiger partial charge >= 0.3 is 0 Å². The summed E-state index contributed by atoms with van der Waals surface area (Å²) in [6.07, 6.45) is 13.1. The summed E-state index contributed by atoms with van der Waals surface area (Å²) < 4.78 is 0. The van der Waals surface area contributed by atoms with Gasteiger partial charge in [0.05, 0.1) is 0 Å². The van der Waals surface area contributed by atoms with Crippen molar-refractivity contribution in [2.24, 2.45) is 11.8 Å². The Bertz CT molecular complexity index is 262. The van der Waals surface area contributed by atoms with E-state index < -0.39 is 0 Å². The molecule has 0 amide bonds. The Kier molecular flexibility index (Phi) is 7.29. The van der Waals surface area contributed by atoms with Crippen molar-refractivity contribution >= 4 is 0 Å². The molecule has 0 aromatic heterocycles. The Morgan fingerprint density at radius 3 is 2.89 bits per heavy atom. The molecule has 0 fully saturated rings. The predicted octanol–water partition coefficient (Wildman–Crippen LogP) is 4.37. The third-order valence-corrected chi connectivity index (χ3v) is 4.07. The van der Waals surface area contributed by atoms with Crippen molar-refractivity contribution in [2.45, 2.75) is 58.4 Å². The average molecular weight is 250 g/mol. The van der Waals surface area contributed by atoms with Crippen LogP contribution < -0.4 is 0 Å². The smallest absolute Gasteiger partial charge is 0.0452 e. The number of hydrogen-bond acceptors (Lipinski definition) is 1. The molecule has 2 nitrogen and oxygen atoms in total. The lowest BCUT2D eigenvalue weighted by Gasteiger charge is -2.28. The molecule has 0 aromatic rings. The van der Waals surface area contributed by atoms with Crippen molar-refractivity contribution in [2.75, 3.05) is 6.54 Å². The van der Waals surface area contributed by atoms with Gasteiger partial charge in [-0.25, -0.2) is 0 Å². The molecular weight excluding hydrogens is 222 g/mol. The summed E-state index contributed by atoms with van der Waals surface area (Å²) in [5.41, 5.74) is 0. The van der Waals surface area contributed by atoms with Crippen LogP contribution in [0.2, 0.25) is 0 Å². The predicted molar refractivity (Wildman–Crippen MR) is 76.5 cm³/mol. The molecule has 0 bridgehead atoms. The van der Waals surface area contributed by atoms with Gasteiger partial charge in [0.2, 0.25) is 0 Å². The molecule has 1 radical (unpaired) electrons. The van der Waals surface area contributed by atoms with Gasteiger partial charge in [0.25, 0.3) is 0 Å². The van der Waals surface area contributed by atoms with Gasteiger partial charge in [-0.05, 0) is 43.9 Å². The molecule has 0 spiro atoms. The summed E-state index contributed by atoms with van der Waals surface area (Å²) in [6, 6.07) is 0.176. The molecule has 18 heavy (non-hydrogen) atoms. The third kappa shape index (κ3) is 4.95. The Balaban J connectivity index is 2.42. The molecule has 1 aliphatic carbocycles. The van der Waals surface area contributed by atoms with Crippen LogP contribution in [0.5, 0.6) is 0 Å². The van der Waals surface area contributed by atoms with Crippen LogP contribution in [0.25, 0.3) is 0 Å². The molecule has 1 rings (SSSR count). The first kappa shape index (κ1) is 15.5. The van der Waals surface area contributed by atoms with Crippen molar-refractivity contribution < 1.29 is 5.21 Å². The largest absolute Gasteiger partial charge is 0.148 e. The highest BCUT2D eigenvalue weighted by molar-refractivity contribution is 4.96. The summed E-state index contributed by atoms with van der Waals surface area (Å²) in [4.78, 5) is 0. The monoisotopic (exact) mass is 250 g/mol. The maximum absolute atomic E-state index is 11.9. The standard InChI is InChI=1S/C16H28NO/c1-4-8-16(17(18)13-5-2)12-11-15-10-7-6-9-14(15)3/h5,7,10,14-16H,2,4,6,8-9,11-13H2,1,3H3/t14-,15+,16?/m1/s1. The van der Waals surface area contributed by atoms with E-state index in [1.807, 2.05) is 0 Å². The van der Waals surface area contributed by atoms with E-state index in [2.05, 4.69) is 32.6 Å². The number of rotatable bonds is 8. The topological polar surface area (TPSA) is 23.1 Å². The van der Waals surface area contributed by atoms with Crippen LogP contribution in [0.3, 0.4) is 0 Å². The first-order valence-corrected chi connectivity index (χ1v) is 7.40. The van der Waals surface area contributed by atoms with Crippen molar-refractivity contribution in [3.63, 3.8) is 0 Å². The molecule has 0 saturated heterocycles. The Hall–Kier alpha value is -0.600. The molecule has 0 heterocycles. The molecular formula is C16H28NO. The van der Waals surface area contributed by atoms with Crippen LogP contribution in [0.4, 0.5) is 0 Å². The van der Waals surface area contributed by atoms with Crippen LogP contribution in [-0.4, -0.2) is 17.6 Å². The van der Waals surface area contributed by atoms with Crippen LogP contribution in [0, 0.1) is 11.8 Å². The number of nitrogens with zero attached hydrogens (tertiary/aromatic N) is 1. The second-order valence-corrected chi connectivity index (χ2v) is 5.55. The fourth-order valence-corrected chi connectivity index (χ4v) is 2.84. The Morgan fingerprint density at radius 1 is 1.50 bits per heavy atom. The quantitative estimate of drug-likeness (QED) is 0.463. The van der Waals surface area contributed by atoms with Gasteiger partial charge in [0.15, 0.2) is 0 Å². The molecule has 1 unspecified atom stereocenters. The van der Waals surface area contributed by atoms with Gasteiger partial charge in [-0.1, -0.05) is 38.5 Å². The van der Waals surface area contributed by atoms with Crippen LogP contribution in [0.1, 0.15) is 52.4 Å². The zero-order valence-electron chi connectivity index (χ0n) is 12.0. The Morgan fingerprint density at radius 2 is 2.28 bits per heavy atom. The minimum absolute atomic E-state index is 0.176. The van der Waals surface area contributed by atoms with Crippen molar-refractivity contribution in [3.05, 3.63) is 24.8 Å². The van der Waals surface area contributed by atoms with Gasteiger partial charge in [-0.15, -0.1) is 16.8 Å². The summed E-state index contributed by atoms with van der Waals surface area (Å²) in [7, 11) is 0. The minimum atomic E-state index is 0.176. The van der Waals surface area contributed by atoms with E-state index in [-0.39, 0.29) is 6.04 Å². The molecule has 3 atom stereocenters. The van der Waals surface area contributed by atoms with Crippen LogP contribution in [0.15, 0.2) is 24.8 Å². The van der Waals surface area contributed by atoms with E-state index in [4.69, 9.17) is 0 Å². The maximum Gasteiger partial charge on any atom is 0.0452 e.